The van der Waals surface area contributed by atoms with Gasteiger partial charge in [0.05, 0.1) is 0 Å². The number of thiazole rings is 1. The summed E-state index contributed by atoms with van der Waals surface area (Å²) in [5.74, 6) is 0.901. The van der Waals surface area contributed by atoms with E-state index in [0.29, 0.717) is 6.61 Å². The Labute approximate surface area is 112 Å². The Hall–Kier alpha value is -1.39. The lowest BCUT2D eigenvalue weighted by Crippen LogP contribution is -2.10. The van der Waals surface area contributed by atoms with Gasteiger partial charge in [0.25, 0.3) is 0 Å². The highest BCUT2D eigenvalue weighted by molar-refractivity contribution is 7.11. The van der Waals surface area contributed by atoms with Crippen molar-refractivity contribution in [2.45, 2.75) is 27.0 Å². The van der Waals surface area contributed by atoms with Gasteiger partial charge in [0.15, 0.2) is 0 Å². The van der Waals surface area contributed by atoms with Gasteiger partial charge in [0, 0.05) is 17.6 Å². The Kier molecular flexibility index (Phi) is 4.73. The van der Waals surface area contributed by atoms with E-state index in [2.05, 4.69) is 30.2 Å². The molecule has 0 radical (unpaired) electrons. The fourth-order valence-corrected chi connectivity index (χ4v) is 2.40. The molecule has 3 nitrogen and oxygen atoms in total. The zero-order valence-electron chi connectivity index (χ0n) is 10.8. The highest BCUT2D eigenvalue weighted by atomic mass is 32.1. The third-order valence-electron chi connectivity index (χ3n) is 2.50. The van der Waals surface area contributed by atoms with Gasteiger partial charge in [-0.1, -0.05) is 19.1 Å². The normalized spacial score (nSPS) is 10.6. The second kappa shape index (κ2) is 6.52. The van der Waals surface area contributed by atoms with Gasteiger partial charge in [-0.15, -0.1) is 11.3 Å². The third kappa shape index (κ3) is 3.82. The van der Waals surface area contributed by atoms with E-state index in [1.54, 1.807) is 11.3 Å². The number of nitrogens with zero attached hydrogens (tertiary/aromatic N) is 1. The van der Waals surface area contributed by atoms with Crippen molar-refractivity contribution in [2.75, 3.05) is 6.54 Å². The van der Waals surface area contributed by atoms with Crippen LogP contribution in [0.2, 0.25) is 0 Å². The van der Waals surface area contributed by atoms with Crippen molar-refractivity contribution in [1.82, 2.24) is 10.3 Å². The van der Waals surface area contributed by atoms with Crippen molar-refractivity contribution in [3.8, 4) is 5.75 Å². The topological polar surface area (TPSA) is 34.2 Å². The molecule has 1 N–H and O–H groups in total. The average molecular weight is 262 g/mol. The Balaban J connectivity index is 1.88. The number of nitrogens with one attached hydrogen (secondary N) is 1. The molecule has 0 aliphatic rings. The highest BCUT2D eigenvalue weighted by Gasteiger charge is 2.02. The minimum absolute atomic E-state index is 0.542. The quantitative estimate of drug-likeness (QED) is 0.868. The van der Waals surface area contributed by atoms with Crippen molar-refractivity contribution in [3.05, 3.63) is 45.9 Å². The summed E-state index contributed by atoms with van der Waals surface area (Å²) < 4.78 is 5.72. The number of hydrogen-bond donors (Lipinski definition) is 1. The molecule has 0 saturated heterocycles. The maximum absolute atomic E-state index is 5.72. The molecule has 1 heterocycles. The number of rotatable bonds is 6. The van der Waals surface area contributed by atoms with Crippen LogP contribution in [0.15, 0.2) is 30.5 Å². The molecule has 96 valence electrons. The van der Waals surface area contributed by atoms with Gasteiger partial charge in [-0.25, -0.2) is 4.98 Å². The van der Waals surface area contributed by atoms with Crippen molar-refractivity contribution in [2.24, 2.45) is 0 Å². The fourth-order valence-electron chi connectivity index (χ4n) is 1.59. The van der Waals surface area contributed by atoms with Gasteiger partial charge in [0.1, 0.15) is 17.4 Å². The molecule has 0 saturated carbocycles. The summed E-state index contributed by atoms with van der Waals surface area (Å²) >= 11 is 1.70. The van der Waals surface area contributed by atoms with Gasteiger partial charge < -0.3 is 10.1 Å². The molecule has 0 fully saturated rings. The standard InChI is InChI=1S/C14H18N2OS/c1-3-15-8-13-9-16-14(18-13)10-17-12-6-4-5-11(2)7-12/h4-7,9,15H,3,8,10H2,1-2H3. The zero-order chi connectivity index (χ0) is 12.8. The third-order valence-corrected chi connectivity index (χ3v) is 3.47. The SMILES string of the molecule is CCNCc1cnc(COc2cccc(C)c2)s1. The molecule has 1 aromatic carbocycles. The summed E-state index contributed by atoms with van der Waals surface area (Å²) in [6.45, 7) is 6.57. The average Bonchev–Trinajstić information content (AvgIpc) is 2.82. The maximum Gasteiger partial charge on any atom is 0.140 e. The first-order valence-corrected chi connectivity index (χ1v) is 6.93. The van der Waals surface area contributed by atoms with Crippen LogP contribution in [0.25, 0.3) is 0 Å². The summed E-state index contributed by atoms with van der Waals surface area (Å²) in [7, 11) is 0. The molecular formula is C14H18N2OS. The lowest BCUT2D eigenvalue weighted by Gasteiger charge is -2.04. The lowest BCUT2D eigenvalue weighted by atomic mass is 10.2. The number of hydrogen-bond acceptors (Lipinski definition) is 4. The summed E-state index contributed by atoms with van der Waals surface area (Å²) in [5, 5.41) is 4.31. The van der Waals surface area contributed by atoms with Crippen LogP contribution in [0, 0.1) is 6.92 Å². The van der Waals surface area contributed by atoms with Crippen molar-refractivity contribution in [3.63, 3.8) is 0 Å². The van der Waals surface area contributed by atoms with Crippen LogP contribution in [0.1, 0.15) is 22.4 Å². The van der Waals surface area contributed by atoms with Crippen LogP contribution >= 0.6 is 11.3 Å². The monoisotopic (exact) mass is 262 g/mol. The van der Waals surface area contributed by atoms with Gasteiger partial charge in [-0.3, -0.25) is 0 Å². The van der Waals surface area contributed by atoms with Crippen molar-refractivity contribution >= 4 is 11.3 Å². The molecule has 0 bridgehead atoms. The van der Waals surface area contributed by atoms with Crippen LogP contribution in [0.5, 0.6) is 5.75 Å². The van der Waals surface area contributed by atoms with Gasteiger partial charge in [-0.05, 0) is 31.2 Å². The van der Waals surface area contributed by atoms with Crippen LogP contribution < -0.4 is 10.1 Å². The summed E-state index contributed by atoms with van der Waals surface area (Å²) in [6.07, 6.45) is 1.92. The number of aryl methyl sites for hydroxylation is 1. The van der Waals surface area contributed by atoms with Crippen LogP contribution in [-0.2, 0) is 13.2 Å². The minimum Gasteiger partial charge on any atom is -0.486 e. The number of aromatic nitrogens is 1. The highest BCUT2D eigenvalue weighted by Crippen LogP contribution is 2.17. The van der Waals surface area contributed by atoms with Crippen LogP contribution in [0.4, 0.5) is 0 Å². The number of benzene rings is 1. The first-order valence-electron chi connectivity index (χ1n) is 6.11. The lowest BCUT2D eigenvalue weighted by molar-refractivity contribution is 0.305. The summed E-state index contributed by atoms with van der Waals surface area (Å²) in [4.78, 5) is 5.61. The van der Waals surface area contributed by atoms with Crippen molar-refractivity contribution in [1.29, 1.82) is 0 Å². The molecule has 0 aliphatic heterocycles. The van der Waals surface area contributed by atoms with Crippen LogP contribution in [-0.4, -0.2) is 11.5 Å². The van der Waals surface area contributed by atoms with E-state index in [1.807, 2.05) is 24.4 Å². The van der Waals surface area contributed by atoms with E-state index >= 15 is 0 Å². The first-order chi connectivity index (χ1) is 8.78. The van der Waals surface area contributed by atoms with Crippen molar-refractivity contribution < 1.29 is 4.74 Å². The molecule has 2 aromatic rings. The Morgan fingerprint density at radius 2 is 2.28 bits per heavy atom. The minimum atomic E-state index is 0.542. The summed E-state index contributed by atoms with van der Waals surface area (Å²) in [6, 6.07) is 8.07. The Morgan fingerprint density at radius 3 is 3.06 bits per heavy atom. The van der Waals surface area contributed by atoms with E-state index in [9.17, 15) is 0 Å². The molecule has 0 amide bonds. The molecule has 0 aliphatic carbocycles. The first kappa shape index (κ1) is 13.1. The van der Waals surface area contributed by atoms with E-state index in [1.165, 1.54) is 10.4 Å². The van der Waals surface area contributed by atoms with E-state index in [4.69, 9.17) is 4.74 Å². The second-order valence-electron chi connectivity index (χ2n) is 4.11. The van der Waals surface area contributed by atoms with E-state index in [0.717, 1.165) is 23.8 Å². The summed E-state index contributed by atoms with van der Waals surface area (Å²) in [5.41, 5.74) is 1.21. The van der Waals surface area contributed by atoms with Gasteiger partial charge in [0.2, 0.25) is 0 Å². The maximum atomic E-state index is 5.72. The van der Waals surface area contributed by atoms with Crippen LogP contribution in [0.3, 0.4) is 0 Å². The second-order valence-corrected chi connectivity index (χ2v) is 5.31. The molecule has 0 atom stereocenters. The Morgan fingerprint density at radius 1 is 1.39 bits per heavy atom. The predicted octanol–water partition coefficient (Wildman–Crippen LogP) is 3.14. The smallest absolute Gasteiger partial charge is 0.140 e. The van der Waals surface area contributed by atoms with E-state index < -0.39 is 0 Å². The van der Waals surface area contributed by atoms with Gasteiger partial charge in [-0.2, -0.15) is 0 Å². The molecule has 0 spiro atoms. The largest absolute Gasteiger partial charge is 0.486 e. The molecular weight excluding hydrogens is 244 g/mol. The molecule has 4 heteroatoms. The van der Waals surface area contributed by atoms with E-state index in [-0.39, 0.29) is 0 Å². The number of ether oxygens (including phenoxy) is 1. The van der Waals surface area contributed by atoms with Gasteiger partial charge >= 0.3 is 0 Å². The molecule has 18 heavy (non-hydrogen) atoms. The zero-order valence-corrected chi connectivity index (χ0v) is 11.6. The molecule has 1 aromatic heterocycles. The Bertz CT molecular complexity index is 496. The fraction of sp³-hybridized carbons (Fsp3) is 0.357. The predicted molar refractivity (Wildman–Crippen MR) is 75.0 cm³/mol. The molecule has 2 rings (SSSR count). The molecule has 0 unspecified atom stereocenters.